The molecule has 18 heavy (non-hydrogen) atoms. The molecule has 2 rings (SSSR count). The number of aryl methyl sites for hydroxylation is 1. The Morgan fingerprint density at radius 1 is 1.56 bits per heavy atom. The number of aliphatic hydroxyl groups excluding tert-OH is 1. The molecule has 0 aliphatic carbocycles. The summed E-state index contributed by atoms with van der Waals surface area (Å²) in [4.78, 5) is 12.5. The van der Waals surface area contributed by atoms with Gasteiger partial charge in [-0.15, -0.1) is 0 Å². The molecule has 0 radical (unpaired) electrons. The summed E-state index contributed by atoms with van der Waals surface area (Å²) < 4.78 is 7.02. The summed E-state index contributed by atoms with van der Waals surface area (Å²) in [7, 11) is 1.74. The van der Waals surface area contributed by atoms with E-state index in [0.717, 1.165) is 0 Å². The minimum atomic E-state index is 0.00909. The van der Waals surface area contributed by atoms with Gasteiger partial charge in [-0.3, -0.25) is 9.48 Å². The van der Waals surface area contributed by atoms with Crippen molar-refractivity contribution in [3.8, 4) is 0 Å². The standard InChI is InChI=1S/C11H14N4O3/c1-14-10(4-5-13-14)15(8-17)11-3-2-9(18-11)12-6-7-16/h2-5,8,12,16H,6-7H2,1H3. The molecule has 0 atom stereocenters. The van der Waals surface area contributed by atoms with Gasteiger partial charge in [-0.05, 0) is 0 Å². The molecule has 0 saturated heterocycles. The van der Waals surface area contributed by atoms with Crippen LogP contribution in [0.1, 0.15) is 0 Å². The lowest BCUT2D eigenvalue weighted by Gasteiger charge is -2.13. The number of hydrogen-bond donors (Lipinski definition) is 2. The molecule has 0 spiro atoms. The van der Waals surface area contributed by atoms with Crippen LogP contribution in [0.4, 0.5) is 17.6 Å². The summed E-state index contributed by atoms with van der Waals surface area (Å²) in [5.41, 5.74) is 0. The summed E-state index contributed by atoms with van der Waals surface area (Å²) in [6, 6.07) is 5.07. The first kappa shape index (κ1) is 12.2. The van der Waals surface area contributed by atoms with E-state index in [4.69, 9.17) is 9.52 Å². The van der Waals surface area contributed by atoms with Crippen molar-refractivity contribution in [1.82, 2.24) is 9.78 Å². The van der Waals surface area contributed by atoms with Gasteiger partial charge in [0.2, 0.25) is 12.3 Å². The predicted molar refractivity (Wildman–Crippen MR) is 65.7 cm³/mol. The molecule has 0 aromatic carbocycles. The number of anilines is 3. The fraction of sp³-hybridized carbons (Fsp3) is 0.273. The number of nitrogens with zero attached hydrogens (tertiary/aromatic N) is 3. The summed E-state index contributed by atoms with van der Waals surface area (Å²) in [5.74, 6) is 1.48. The molecule has 0 bridgehead atoms. The Balaban J connectivity index is 2.20. The smallest absolute Gasteiger partial charge is 0.222 e. The second kappa shape index (κ2) is 5.37. The predicted octanol–water partition coefficient (Wildman–Crippen LogP) is 0.712. The minimum absolute atomic E-state index is 0.00909. The maximum Gasteiger partial charge on any atom is 0.222 e. The van der Waals surface area contributed by atoms with Gasteiger partial charge in [0.15, 0.2) is 5.88 Å². The molecular formula is C11H14N4O3. The van der Waals surface area contributed by atoms with Gasteiger partial charge < -0.3 is 14.8 Å². The van der Waals surface area contributed by atoms with Gasteiger partial charge in [-0.1, -0.05) is 0 Å². The van der Waals surface area contributed by atoms with Gasteiger partial charge in [-0.25, -0.2) is 4.90 Å². The fourth-order valence-corrected chi connectivity index (χ4v) is 1.55. The first-order valence-electron chi connectivity index (χ1n) is 5.43. The largest absolute Gasteiger partial charge is 0.424 e. The van der Waals surface area contributed by atoms with Crippen molar-refractivity contribution in [2.75, 3.05) is 23.4 Å². The number of aromatic nitrogens is 2. The monoisotopic (exact) mass is 250 g/mol. The number of furan rings is 1. The zero-order valence-electron chi connectivity index (χ0n) is 9.91. The maximum absolute atomic E-state index is 11.1. The third kappa shape index (κ3) is 2.35. The first-order chi connectivity index (χ1) is 8.76. The van der Waals surface area contributed by atoms with E-state index in [0.29, 0.717) is 30.5 Å². The second-order valence-electron chi connectivity index (χ2n) is 3.58. The van der Waals surface area contributed by atoms with Crippen molar-refractivity contribution < 1.29 is 14.3 Å². The van der Waals surface area contributed by atoms with Crippen LogP contribution in [0.3, 0.4) is 0 Å². The molecule has 0 saturated carbocycles. The normalized spacial score (nSPS) is 10.3. The lowest BCUT2D eigenvalue weighted by molar-refractivity contribution is -0.107. The van der Waals surface area contributed by atoms with Gasteiger partial charge >= 0.3 is 0 Å². The molecular weight excluding hydrogens is 236 g/mol. The lowest BCUT2D eigenvalue weighted by atomic mass is 10.5. The highest BCUT2D eigenvalue weighted by Gasteiger charge is 2.15. The molecule has 2 N–H and O–H groups in total. The van der Waals surface area contributed by atoms with Crippen molar-refractivity contribution in [2.45, 2.75) is 0 Å². The summed E-state index contributed by atoms with van der Waals surface area (Å²) >= 11 is 0. The molecule has 1 amide bonds. The maximum atomic E-state index is 11.1. The van der Waals surface area contributed by atoms with E-state index in [2.05, 4.69) is 10.4 Å². The molecule has 0 aliphatic rings. The van der Waals surface area contributed by atoms with Crippen molar-refractivity contribution in [2.24, 2.45) is 7.05 Å². The molecule has 0 aliphatic heterocycles. The average molecular weight is 250 g/mol. The van der Waals surface area contributed by atoms with Gasteiger partial charge in [0.05, 0.1) is 12.8 Å². The number of rotatable bonds is 6. The lowest BCUT2D eigenvalue weighted by Crippen LogP contribution is -2.16. The summed E-state index contributed by atoms with van der Waals surface area (Å²) in [6.07, 6.45) is 2.26. The quantitative estimate of drug-likeness (QED) is 0.738. The third-order valence-electron chi connectivity index (χ3n) is 2.39. The van der Waals surface area contributed by atoms with Crippen LogP contribution in [-0.2, 0) is 11.8 Å². The number of hydrogen-bond acceptors (Lipinski definition) is 5. The fourth-order valence-electron chi connectivity index (χ4n) is 1.55. The number of carbonyl (C=O) groups is 1. The van der Waals surface area contributed by atoms with E-state index in [1.165, 1.54) is 4.90 Å². The highest BCUT2D eigenvalue weighted by molar-refractivity contribution is 5.82. The number of aliphatic hydroxyl groups is 1. The van der Waals surface area contributed by atoms with E-state index >= 15 is 0 Å². The zero-order valence-corrected chi connectivity index (χ0v) is 9.91. The van der Waals surface area contributed by atoms with Crippen molar-refractivity contribution in [3.63, 3.8) is 0 Å². The van der Waals surface area contributed by atoms with Crippen LogP contribution in [0.15, 0.2) is 28.8 Å². The van der Waals surface area contributed by atoms with Gasteiger partial charge in [0.25, 0.3) is 0 Å². The number of amides is 1. The first-order valence-corrected chi connectivity index (χ1v) is 5.43. The zero-order chi connectivity index (χ0) is 13.0. The Morgan fingerprint density at radius 3 is 3.00 bits per heavy atom. The molecule has 7 heteroatoms. The van der Waals surface area contributed by atoms with E-state index in [1.807, 2.05) is 0 Å². The third-order valence-corrected chi connectivity index (χ3v) is 2.39. The number of carbonyl (C=O) groups excluding carboxylic acids is 1. The van der Waals surface area contributed by atoms with E-state index < -0.39 is 0 Å². The van der Waals surface area contributed by atoms with E-state index in [1.54, 1.807) is 36.1 Å². The van der Waals surface area contributed by atoms with Crippen LogP contribution >= 0.6 is 0 Å². The van der Waals surface area contributed by atoms with E-state index in [-0.39, 0.29) is 6.61 Å². The Morgan fingerprint density at radius 2 is 2.39 bits per heavy atom. The molecule has 2 aromatic heterocycles. The molecule has 0 fully saturated rings. The topological polar surface area (TPSA) is 83.5 Å². The molecule has 2 aromatic rings. The molecule has 7 nitrogen and oxygen atoms in total. The highest BCUT2D eigenvalue weighted by atomic mass is 16.4. The average Bonchev–Trinajstić information content (AvgIpc) is 2.99. The Kier molecular flexibility index (Phi) is 3.63. The SMILES string of the molecule is Cn1nccc1N(C=O)c1ccc(NCCO)o1. The Labute approximate surface area is 104 Å². The minimum Gasteiger partial charge on any atom is -0.424 e. The Bertz CT molecular complexity index is 520. The van der Waals surface area contributed by atoms with Crippen molar-refractivity contribution >= 4 is 24.0 Å². The van der Waals surface area contributed by atoms with Crippen LogP contribution in [0, 0.1) is 0 Å². The van der Waals surface area contributed by atoms with Crippen LogP contribution in [0.5, 0.6) is 0 Å². The molecule has 2 heterocycles. The van der Waals surface area contributed by atoms with Crippen LogP contribution in [-0.4, -0.2) is 34.4 Å². The van der Waals surface area contributed by atoms with E-state index in [9.17, 15) is 4.79 Å². The Hall–Kier alpha value is -2.28. The van der Waals surface area contributed by atoms with Gasteiger partial charge in [0.1, 0.15) is 5.82 Å². The van der Waals surface area contributed by atoms with Gasteiger partial charge in [-0.2, -0.15) is 5.10 Å². The molecule has 0 unspecified atom stereocenters. The molecule has 96 valence electrons. The number of nitrogens with one attached hydrogen (secondary N) is 1. The summed E-state index contributed by atoms with van der Waals surface area (Å²) in [5, 5.41) is 15.6. The highest BCUT2D eigenvalue weighted by Crippen LogP contribution is 2.27. The van der Waals surface area contributed by atoms with Crippen molar-refractivity contribution in [3.05, 3.63) is 24.4 Å². The van der Waals surface area contributed by atoms with Gasteiger partial charge in [0, 0.05) is 31.8 Å². The van der Waals surface area contributed by atoms with Crippen LogP contribution < -0.4 is 10.2 Å². The van der Waals surface area contributed by atoms with Crippen LogP contribution in [0.25, 0.3) is 0 Å². The van der Waals surface area contributed by atoms with Crippen LogP contribution in [0.2, 0.25) is 0 Å². The van der Waals surface area contributed by atoms with Crippen molar-refractivity contribution in [1.29, 1.82) is 0 Å². The second-order valence-corrected chi connectivity index (χ2v) is 3.58. The summed E-state index contributed by atoms with van der Waals surface area (Å²) in [6.45, 7) is 0.398.